The number of nitrogens with zero attached hydrogens (tertiary/aromatic N) is 11. The largest absolute Gasteiger partial charge is 0.531 e. The molecule has 18 heteroatoms. The van der Waals surface area contributed by atoms with Gasteiger partial charge >= 0.3 is 8.80 Å². The van der Waals surface area contributed by atoms with Crippen LogP contribution in [0.3, 0.4) is 0 Å². The molecule has 0 aliphatic heterocycles. The fraction of sp³-hybridized carbons (Fsp3) is 0.500. The second-order valence-electron chi connectivity index (χ2n) is 8.05. The van der Waals surface area contributed by atoms with Gasteiger partial charge in [-0.05, 0) is 5.56 Å². The number of benzene rings is 1. The standard InChI is InChI=1S/C18H28N14O3Si/c1-35-36(33,34)15-4-2-14(3-5-15)12-32(13-18-23-29-30-24-18)11-10-31(8-6-16-19-25-26-20-16)9-7-17-21-27-28-22-17/h2-5,33-34H,6-13H2,1H3,(H,19,20,25,26)(H,21,22,27,28)(H,23,24,29,30). The number of H-pyrrole nitrogens is 3. The van der Waals surface area contributed by atoms with E-state index in [9.17, 15) is 9.59 Å². The van der Waals surface area contributed by atoms with Crippen LogP contribution in [-0.4, -0.2) is 123 Å². The summed E-state index contributed by atoms with van der Waals surface area (Å²) in [6.45, 7) is 3.96. The third-order valence-electron chi connectivity index (χ3n) is 5.59. The highest BCUT2D eigenvalue weighted by molar-refractivity contribution is 6.72. The first-order valence-corrected chi connectivity index (χ1v) is 13.0. The molecule has 0 fully saturated rings. The van der Waals surface area contributed by atoms with Crippen molar-refractivity contribution < 1.29 is 14.0 Å². The van der Waals surface area contributed by atoms with Crippen molar-refractivity contribution in [2.24, 2.45) is 0 Å². The fourth-order valence-electron chi connectivity index (χ4n) is 3.58. The predicted molar refractivity (Wildman–Crippen MR) is 124 cm³/mol. The molecule has 192 valence electrons. The van der Waals surface area contributed by atoms with Crippen LogP contribution in [0, 0.1) is 0 Å². The van der Waals surface area contributed by atoms with Gasteiger partial charge in [-0.1, -0.05) is 39.9 Å². The van der Waals surface area contributed by atoms with Crippen LogP contribution in [0.5, 0.6) is 0 Å². The Morgan fingerprint density at radius 1 is 0.722 bits per heavy atom. The Hall–Kier alpha value is -3.55. The van der Waals surface area contributed by atoms with Crippen LogP contribution >= 0.6 is 0 Å². The van der Waals surface area contributed by atoms with Crippen molar-refractivity contribution in [2.45, 2.75) is 25.9 Å². The number of aromatic nitrogens is 12. The van der Waals surface area contributed by atoms with E-state index in [0.29, 0.717) is 55.1 Å². The Morgan fingerprint density at radius 3 is 1.75 bits per heavy atom. The van der Waals surface area contributed by atoms with Gasteiger partial charge in [0.2, 0.25) is 0 Å². The first-order valence-electron chi connectivity index (χ1n) is 11.2. The summed E-state index contributed by atoms with van der Waals surface area (Å²) in [6, 6.07) is 7.07. The zero-order chi connectivity index (χ0) is 25.2. The molecule has 3 heterocycles. The van der Waals surface area contributed by atoms with Crippen molar-refractivity contribution in [3.05, 3.63) is 47.3 Å². The molecule has 36 heavy (non-hydrogen) atoms. The molecule has 17 nitrogen and oxygen atoms in total. The lowest BCUT2D eigenvalue weighted by Gasteiger charge is -2.27. The molecule has 4 rings (SSSR count). The average Bonchev–Trinajstić information content (AvgIpc) is 3.68. The van der Waals surface area contributed by atoms with Crippen LogP contribution in [0.25, 0.3) is 0 Å². The van der Waals surface area contributed by atoms with Gasteiger partial charge in [-0.3, -0.25) is 4.90 Å². The number of tetrazole rings is 3. The number of rotatable bonds is 15. The number of hydrogen-bond donors (Lipinski definition) is 5. The van der Waals surface area contributed by atoms with Crippen LogP contribution in [0.4, 0.5) is 0 Å². The Kier molecular flexibility index (Phi) is 8.81. The number of hydrogen-bond acceptors (Lipinski definition) is 14. The van der Waals surface area contributed by atoms with E-state index in [1.807, 2.05) is 12.1 Å². The number of aromatic amines is 3. The van der Waals surface area contributed by atoms with E-state index >= 15 is 0 Å². The maximum absolute atomic E-state index is 10.0. The lowest BCUT2D eigenvalue weighted by atomic mass is 10.2. The first-order chi connectivity index (χ1) is 17.5. The normalized spacial score (nSPS) is 12.1. The van der Waals surface area contributed by atoms with Gasteiger partial charge in [0.05, 0.1) is 6.54 Å². The lowest BCUT2D eigenvalue weighted by molar-refractivity contribution is 0.190. The van der Waals surface area contributed by atoms with Crippen LogP contribution in [0.1, 0.15) is 23.0 Å². The molecule has 0 saturated carbocycles. The predicted octanol–water partition coefficient (Wildman–Crippen LogP) is -3.21. The summed E-state index contributed by atoms with van der Waals surface area (Å²) in [7, 11) is -2.56. The Morgan fingerprint density at radius 2 is 1.25 bits per heavy atom. The highest BCUT2D eigenvalue weighted by Crippen LogP contribution is 2.09. The number of nitrogens with one attached hydrogen (secondary N) is 3. The minimum atomic E-state index is -3.85. The van der Waals surface area contributed by atoms with Gasteiger partial charge in [-0.2, -0.15) is 15.6 Å². The maximum Gasteiger partial charge on any atom is 0.531 e. The van der Waals surface area contributed by atoms with Crippen molar-refractivity contribution >= 4 is 14.0 Å². The topological polar surface area (TPSA) is 220 Å². The summed E-state index contributed by atoms with van der Waals surface area (Å²) in [6.07, 6.45) is 1.28. The van der Waals surface area contributed by atoms with Crippen molar-refractivity contribution in [1.82, 2.24) is 71.7 Å². The zero-order valence-corrected chi connectivity index (χ0v) is 20.7. The molecule has 0 amide bonds. The smallest absolute Gasteiger partial charge is 0.386 e. The van der Waals surface area contributed by atoms with Gasteiger partial charge in [0.1, 0.15) is 0 Å². The molecular formula is C18H28N14O3Si. The summed E-state index contributed by atoms with van der Waals surface area (Å²) < 4.78 is 4.86. The maximum atomic E-state index is 10.0. The third kappa shape index (κ3) is 7.47. The SMILES string of the molecule is CO[Si](O)(O)c1ccc(CN(CCN(CCc2nn[nH]n2)CCc2nn[nH]n2)Cc2nn[nH]n2)cc1. The van der Waals surface area contributed by atoms with Crippen molar-refractivity contribution in [3.8, 4) is 0 Å². The van der Waals surface area contributed by atoms with Crippen LogP contribution < -0.4 is 5.19 Å². The molecular weight excluding hydrogens is 488 g/mol. The Bertz CT molecular complexity index is 1090. The lowest BCUT2D eigenvalue weighted by Crippen LogP contribution is -2.50. The zero-order valence-electron chi connectivity index (χ0n) is 19.7. The molecule has 0 unspecified atom stereocenters. The third-order valence-corrected chi connectivity index (χ3v) is 7.24. The van der Waals surface area contributed by atoms with E-state index in [1.165, 1.54) is 7.11 Å². The highest BCUT2D eigenvalue weighted by Gasteiger charge is 2.33. The van der Waals surface area contributed by atoms with Gasteiger partial charge in [0.25, 0.3) is 0 Å². The first kappa shape index (κ1) is 25.5. The van der Waals surface area contributed by atoms with Crippen LogP contribution in [0.15, 0.2) is 24.3 Å². The summed E-state index contributed by atoms with van der Waals surface area (Å²) >= 11 is 0. The molecule has 0 atom stereocenters. The molecule has 0 saturated heterocycles. The van der Waals surface area contributed by atoms with Crippen LogP contribution in [-0.2, 0) is 30.4 Å². The van der Waals surface area contributed by atoms with Crippen LogP contribution in [0.2, 0.25) is 0 Å². The van der Waals surface area contributed by atoms with E-state index in [1.54, 1.807) is 12.1 Å². The summed E-state index contributed by atoms with van der Waals surface area (Å²) in [4.78, 5) is 24.5. The van der Waals surface area contributed by atoms with E-state index in [-0.39, 0.29) is 0 Å². The van der Waals surface area contributed by atoms with Crippen molar-refractivity contribution in [2.75, 3.05) is 33.3 Å². The Balaban J connectivity index is 1.40. The van der Waals surface area contributed by atoms with Gasteiger partial charge in [0.15, 0.2) is 17.5 Å². The second kappa shape index (κ2) is 12.4. The molecule has 1 aromatic carbocycles. The van der Waals surface area contributed by atoms with E-state index < -0.39 is 8.80 Å². The summed E-state index contributed by atoms with van der Waals surface area (Å²) in [5.74, 6) is 1.87. The van der Waals surface area contributed by atoms with E-state index in [2.05, 4.69) is 71.7 Å². The molecule has 0 bridgehead atoms. The van der Waals surface area contributed by atoms with Gasteiger partial charge in [-0.15, -0.1) is 30.6 Å². The highest BCUT2D eigenvalue weighted by atomic mass is 28.4. The molecule has 0 aliphatic carbocycles. The summed E-state index contributed by atoms with van der Waals surface area (Å²) in [5.41, 5.74) is 0.994. The van der Waals surface area contributed by atoms with Gasteiger partial charge in [0, 0.05) is 57.9 Å². The molecule has 4 aromatic rings. The monoisotopic (exact) mass is 516 g/mol. The molecule has 3 aromatic heterocycles. The van der Waals surface area contributed by atoms with Crippen molar-refractivity contribution in [3.63, 3.8) is 0 Å². The van der Waals surface area contributed by atoms with E-state index in [4.69, 9.17) is 4.43 Å². The molecule has 0 radical (unpaired) electrons. The molecule has 0 spiro atoms. The second-order valence-corrected chi connectivity index (χ2v) is 10.2. The average molecular weight is 517 g/mol. The van der Waals surface area contributed by atoms with Crippen molar-refractivity contribution in [1.29, 1.82) is 0 Å². The fourth-order valence-corrected chi connectivity index (χ4v) is 4.41. The molecule has 0 aliphatic rings. The molecule has 5 N–H and O–H groups in total. The minimum absolute atomic E-state index is 0.382. The van der Waals surface area contributed by atoms with Gasteiger partial charge in [-0.25, -0.2) is 0 Å². The van der Waals surface area contributed by atoms with E-state index in [0.717, 1.165) is 25.2 Å². The Labute approximate surface area is 206 Å². The van der Waals surface area contributed by atoms with Gasteiger partial charge < -0.3 is 18.9 Å². The summed E-state index contributed by atoms with van der Waals surface area (Å²) in [5, 5.41) is 43.1. The minimum Gasteiger partial charge on any atom is -0.386 e. The quantitative estimate of drug-likeness (QED) is 0.0982.